The van der Waals surface area contributed by atoms with Crippen LogP contribution in [0.5, 0.6) is 0 Å². The van der Waals surface area contributed by atoms with Crippen molar-refractivity contribution in [3.63, 3.8) is 0 Å². The van der Waals surface area contributed by atoms with Crippen molar-refractivity contribution < 1.29 is 4.79 Å². The summed E-state index contributed by atoms with van der Waals surface area (Å²) < 4.78 is 0. The number of aromatic nitrogens is 2. The van der Waals surface area contributed by atoms with Crippen molar-refractivity contribution >= 4 is 16.9 Å². The first kappa shape index (κ1) is 17.5. The predicted octanol–water partition coefficient (Wildman–Crippen LogP) is 3.74. The zero-order chi connectivity index (χ0) is 18.1. The Morgan fingerprint density at radius 1 is 1.12 bits per heavy atom. The first-order chi connectivity index (χ1) is 12.6. The number of imidazole rings is 1. The first-order valence-corrected chi connectivity index (χ1v) is 10.1. The zero-order valence-corrected chi connectivity index (χ0v) is 15.9. The molecule has 2 aliphatic heterocycles. The van der Waals surface area contributed by atoms with Crippen LogP contribution in [0.4, 0.5) is 0 Å². The number of carbonyl (C=O) groups excluding carboxylic acids is 1. The molecular formula is C21H30N4O. The summed E-state index contributed by atoms with van der Waals surface area (Å²) in [6.45, 7) is 7.42. The van der Waals surface area contributed by atoms with Crippen LogP contribution in [-0.4, -0.2) is 51.4 Å². The van der Waals surface area contributed by atoms with E-state index in [2.05, 4.69) is 34.7 Å². The van der Waals surface area contributed by atoms with Crippen molar-refractivity contribution in [1.82, 2.24) is 19.8 Å². The molecule has 5 heteroatoms. The van der Waals surface area contributed by atoms with Gasteiger partial charge in [-0.15, -0.1) is 0 Å². The molecule has 140 valence electrons. The van der Waals surface area contributed by atoms with Gasteiger partial charge in [-0.3, -0.25) is 4.79 Å². The fraction of sp³-hybridized carbons (Fsp3) is 0.619. The van der Waals surface area contributed by atoms with Crippen molar-refractivity contribution in [3.8, 4) is 0 Å². The minimum atomic E-state index is 0.103. The average Bonchev–Trinajstić information content (AvgIpc) is 3.11. The van der Waals surface area contributed by atoms with E-state index < -0.39 is 0 Å². The molecule has 2 aliphatic rings. The predicted molar refractivity (Wildman–Crippen MR) is 104 cm³/mol. The third-order valence-electron chi connectivity index (χ3n) is 6.12. The van der Waals surface area contributed by atoms with Crippen LogP contribution < -0.4 is 0 Å². The lowest BCUT2D eigenvalue weighted by molar-refractivity contribution is -0.141. The quantitative estimate of drug-likeness (QED) is 0.913. The molecule has 1 unspecified atom stereocenters. The Kier molecular flexibility index (Phi) is 4.98. The summed E-state index contributed by atoms with van der Waals surface area (Å²) in [4.78, 5) is 26.2. The van der Waals surface area contributed by atoms with Crippen molar-refractivity contribution in [2.24, 2.45) is 5.92 Å². The summed E-state index contributed by atoms with van der Waals surface area (Å²) in [5, 5.41) is 0. The Morgan fingerprint density at radius 2 is 1.88 bits per heavy atom. The number of benzene rings is 1. The number of fused-ring (bicyclic) bond motifs is 1. The average molecular weight is 354 g/mol. The van der Waals surface area contributed by atoms with E-state index in [4.69, 9.17) is 4.98 Å². The fourth-order valence-corrected chi connectivity index (χ4v) is 4.51. The highest BCUT2D eigenvalue weighted by Crippen LogP contribution is 2.33. The van der Waals surface area contributed by atoms with Gasteiger partial charge in [0.2, 0.25) is 5.91 Å². The normalized spacial score (nSPS) is 23.0. The van der Waals surface area contributed by atoms with Gasteiger partial charge >= 0.3 is 0 Å². The molecule has 2 aromatic rings. The van der Waals surface area contributed by atoms with E-state index in [1.54, 1.807) is 0 Å². The maximum Gasteiger partial charge on any atom is 0.226 e. The molecule has 1 N–H and O–H groups in total. The van der Waals surface area contributed by atoms with Gasteiger partial charge in [-0.25, -0.2) is 4.98 Å². The summed E-state index contributed by atoms with van der Waals surface area (Å²) in [5.74, 6) is 1.48. The molecule has 5 nitrogen and oxygen atoms in total. The number of hydrogen-bond donors (Lipinski definition) is 1. The Morgan fingerprint density at radius 3 is 2.62 bits per heavy atom. The summed E-state index contributed by atoms with van der Waals surface area (Å²) >= 11 is 0. The van der Waals surface area contributed by atoms with Crippen LogP contribution in [0.3, 0.4) is 0 Å². The van der Waals surface area contributed by atoms with Crippen molar-refractivity contribution in [2.75, 3.05) is 19.6 Å². The lowest BCUT2D eigenvalue weighted by Gasteiger charge is -2.40. The molecule has 26 heavy (non-hydrogen) atoms. The van der Waals surface area contributed by atoms with Gasteiger partial charge in [0, 0.05) is 18.5 Å². The molecule has 0 aliphatic carbocycles. The van der Waals surface area contributed by atoms with Gasteiger partial charge in [0.05, 0.1) is 17.1 Å². The topological polar surface area (TPSA) is 52.2 Å². The summed E-state index contributed by atoms with van der Waals surface area (Å²) in [7, 11) is 0. The van der Waals surface area contributed by atoms with E-state index in [0.717, 1.165) is 68.6 Å². The first-order valence-electron chi connectivity index (χ1n) is 10.1. The third-order valence-corrected chi connectivity index (χ3v) is 6.12. The zero-order valence-electron chi connectivity index (χ0n) is 15.9. The molecule has 4 rings (SSSR count). The SMILES string of the molecule is CC(C)N1CCC(C(=O)N2CCCCC2c2nc3ccccc3[nH]2)CC1. The van der Waals surface area contributed by atoms with Gasteiger partial charge in [0.1, 0.15) is 5.82 Å². The third kappa shape index (κ3) is 3.37. The van der Waals surface area contributed by atoms with Crippen LogP contribution in [0.25, 0.3) is 11.0 Å². The molecule has 1 aromatic heterocycles. The van der Waals surface area contributed by atoms with Gasteiger partial charge in [0.25, 0.3) is 0 Å². The van der Waals surface area contributed by atoms with Crippen molar-refractivity contribution in [1.29, 1.82) is 0 Å². The highest BCUT2D eigenvalue weighted by Gasteiger charge is 2.35. The summed E-state index contributed by atoms with van der Waals surface area (Å²) in [5.41, 5.74) is 2.05. The Balaban J connectivity index is 1.51. The smallest absolute Gasteiger partial charge is 0.226 e. The van der Waals surface area contributed by atoms with E-state index in [9.17, 15) is 4.79 Å². The van der Waals surface area contributed by atoms with Crippen molar-refractivity contribution in [3.05, 3.63) is 30.1 Å². The van der Waals surface area contributed by atoms with E-state index in [0.29, 0.717) is 11.9 Å². The number of carbonyl (C=O) groups is 1. The Hall–Kier alpha value is -1.88. The monoisotopic (exact) mass is 354 g/mol. The van der Waals surface area contributed by atoms with E-state index in [1.807, 2.05) is 18.2 Å². The lowest BCUT2D eigenvalue weighted by atomic mass is 9.92. The summed E-state index contributed by atoms with van der Waals surface area (Å²) in [6, 6.07) is 8.81. The molecule has 0 spiro atoms. The summed E-state index contributed by atoms with van der Waals surface area (Å²) in [6.07, 6.45) is 5.25. The highest BCUT2D eigenvalue weighted by atomic mass is 16.2. The second-order valence-electron chi connectivity index (χ2n) is 8.09. The molecule has 1 aromatic carbocycles. The number of hydrogen-bond acceptors (Lipinski definition) is 3. The van der Waals surface area contributed by atoms with Crippen molar-refractivity contribution in [2.45, 2.75) is 58.0 Å². The highest BCUT2D eigenvalue weighted by molar-refractivity contribution is 5.80. The number of aromatic amines is 1. The van der Waals surface area contributed by atoms with Gasteiger partial charge in [-0.2, -0.15) is 0 Å². The van der Waals surface area contributed by atoms with Gasteiger partial charge < -0.3 is 14.8 Å². The van der Waals surface area contributed by atoms with E-state index >= 15 is 0 Å². The van der Waals surface area contributed by atoms with Crippen LogP contribution in [0.2, 0.25) is 0 Å². The van der Waals surface area contributed by atoms with Gasteiger partial charge in [-0.1, -0.05) is 12.1 Å². The lowest BCUT2D eigenvalue weighted by Crippen LogP contribution is -2.47. The second-order valence-corrected chi connectivity index (χ2v) is 8.09. The molecule has 0 bridgehead atoms. The van der Waals surface area contributed by atoms with Gasteiger partial charge in [0.15, 0.2) is 0 Å². The Bertz CT molecular complexity index is 727. The number of para-hydroxylation sites is 2. The minimum absolute atomic E-state index is 0.103. The number of likely N-dealkylation sites (tertiary alicyclic amines) is 2. The number of rotatable bonds is 3. The molecule has 3 heterocycles. The molecular weight excluding hydrogens is 324 g/mol. The standard InChI is InChI=1S/C21H30N4O/c1-15(2)24-13-10-16(11-14-24)21(26)25-12-6-5-9-19(25)20-22-17-7-3-4-8-18(17)23-20/h3-4,7-8,15-16,19H,5-6,9-14H2,1-2H3,(H,22,23). The molecule has 2 saturated heterocycles. The van der Waals surface area contributed by atoms with E-state index in [1.165, 1.54) is 0 Å². The maximum atomic E-state index is 13.3. The fourth-order valence-electron chi connectivity index (χ4n) is 4.51. The number of H-pyrrole nitrogens is 1. The van der Waals surface area contributed by atoms with Gasteiger partial charge in [-0.05, 0) is 71.2 Å². The molecule has 1 atom stereocenters. The molecule has 2 fully saturated rings. The number of nitrogens with one attached hydrogen (secondary N) is 1. The number of nitrogens with zero attached hydrogens (tertiary/aromatic N) is 3. The number of piperidine rings is 2. The molecule has 0 radical (unpaired) electrons. The molecule has 0 saturated carbocycles. The molecule has 1 amide bonds. The van der Waals surface area contributed by atoms with Crippen LogP contribution in [0.15, 0.2) is 24.3 Å². The maximum absolute atomic E-state index is 13.3. The minimum Gasteiger partial charge on any atom is -0.340 e. The van der Waals surface area contributed by atoms with Crippen LogP contribution in [-0.2, 0) is 4.79 Å². The largest absolute Gasteiger partial charge is 0.340 e. The van der Waals surface area contributed by atoms with Crippen LogP contribution in [0.1, 0.15) is 57.8 Å². The van der Waals surface area contributed by atoms with Crippen LogP contribution in [0, 0.1) is 5.92 Å². The van der Waals surface area contributed by atoms with Crippen LogP contribution >= 0.6 is 0 Å². The number of amides is 1. The van der Waals surface area contributed by atoms with E-state index in [-0.39, 0.29) is 12.0 Å². The Labute approximate surface area is 155 Å². The second kappa shape index (κ2) is 7.39.